The van der Waals surface area contributed by atoms with Gasteiger partial charge < -0.3 is 33.8 Å². The van der Waals surface area contributed by atoms with E-state index in [2.05, 4.69) is 34.6 Å². The van der Waals surface area contributed by atoms with Crippen molar-refractivity contribution in [3.63, 3.8) is 0 Å². The van der Waals surface area contributed by atoms with Gasteiger partial charge in [0.05, 0.1) is 26.4 Å². The van der Waals surface area contributed by atoms with Crippen molar-refractivity contribution in [1.29, 1.82) is 0 Å². The van der Waals surface area contributed by atoms with Gasteiger partial charge in [0.15, 0.2) is 12.2 Å². The average molecular weight is 1310 g/mol. The number of phosphoric ester groups is 2. The molecule has 0 spiro atoms. The minimum atomic E-state index is -4.95. The van der Waals surface area contributed by atoms with Crippen LogP contribution in [0.25, 0.3) is 0 Å². The summed E-state index contributed by atoms with van der Waals surface area (Å²) in [6.45, 7) is 7.16. The number of carbonyl (C=O) groups is 4. The van der Waals surface area contributed by atoms with E-state index in [9.17, 15) is 43.2 Å². The molecule has 17 nitrogen and oxygen atoms in total. The third-order valence-corrected chi connectivity index (χ3v) is 18.5. The lowest BCUT2D eigenvalue weighted by Gasteiger charge is -2.21. The molecule has 0 aliphatic carbocycles. The van der Waals surface area contributed by atoms with Gasteiger partial charge in [0.1, 0.15) is 19.3 Å². The molecule has 0 saturated carbocycles. The molecule has 0 radical (unpaired) electrons. The molecular weight excluding hydrogens is 1170 g/mol. The first-order valence-electron chi connectivity index (χ1n) is 36.7. The Morgan fingerprint density at radius 1 is 0.315 bits per heavy atom. The van der Waals surface area contributed by atoms with Gasteiger partial charge in [-0.15, -0.1) is 0 Å². The Kier molecular flexibility index (Phi) is 62.1. The molecule has 0 aromatic heterocycles. The van der Waals surface area contributed by atoms with Crippen molar-refractivity contribution in [1.82, 2.24) is 0 Å². The second-order valence-corrected chi connectivity index (χ2v) is 28.4. The van der Waals surface area contributed by atoms with Crippen LogP contribution >= 0.6 is 15.6 Å². The number of aliphatic hydroxyl groups is 1. The highest BCUT2D eigenvalue weighted by molar-refractivity contribution is 7.47. The summed E-state index contributed by atoms with van der Waals surface area (Å²) >= 11 is 0. The maximum atomic E-state index is 13.0. The van der Waals surface area contributed by atoms with Gasteiger partial charge >= 0.3 is 39.5 Å². The molecule has 0 bridgehead atoms. The van der Waals surface area contributed by atoms with Gasteiger partial charge in [0, 0.05) is 25.7 Å². The van der Waals surface area contributed by atoms with E-state index in [0.29, 0.717) is 25.7 Å². The molecule has 6 atom stereocenters. The zero-order chi connectivity index (χ0) is 65.6. The van der Waals surface area contributed by atoms with Crippen LogP contribution in [0.5, 0.6) is 0 Å². The molecule has 0 saturated heterocycles. The van der Waals surface area contributed by atoms with Crippen molar-refractivity contribution in [2.24, 2.45) is 5.92 Å². The van der Waals surface area contributed by atoms with E-state index in [1.165, 1.54) is 173 Å². The molecule has 0 aliphatic heterocycles. The second-order valence-electron chi connectivity index (χ2n) is 25.5. The summed E-state index contributed by atoms with van der Waals surface area (Å²) < 4.78 is 68.1. The molecule has 0 fully saturated rings. The Bertz CT molecular complexity index is 1720. The number of hydrogen-bond acceptors (Lipinski definition) is 15. The zero-order valence-electron chi connectivity index (χ0n) is 57.6. The molecule has 0 aromatic carbocycles. The van der Waals surface area contributed by atoms with Gasteiger partial charge in [-0.2, -0.15) is 0 Å². The van der Waals surface area contributed by atoms with Gasteiger partial charge in [-0.25, -0.2) is 9.13 Å². The molecular formula is C70H136O17P2. The first-order chi connectivity index (χ1) is 43.1. The van der Waals surface area contributed by atoms with Crippen LogP contribution in [-0.2, 0) is 65.4 Å². The van der Waals surface area contributed by atoms with Gasteiger partial charge in [0.25, 0.3) is 0 Å². The predicted molar refractivity (Wildman–Crippen MR) is 358 cm³/mol. The standard InChI is InChI=1S/C70H136O17P2/c1-6-10-13-16-19-22-24-25-26-27-28-29-30-31-32-33-34-36-39-46-51-56-70(75)87-66(60-81-68(73)54-49-44-41-40-42-47-52-63(5)9-4)62-85-89(78,79)83-58-64(71)57-82-88(76,77)84-61-65(59-80-67(72)53-48-43-37-21-18-15-12-8-3)86-69(74)55-50-45-38-35-23-20-17-14-11-7-2/h63-66,71H,6-62H2,1-5H3,(H,76,77)(H,78,79)/t63?,64-,65+,66+/m0/s1. The highest BCUT2D eigenvalue weighted by Gasteiger charge is 2.30. The van der Waals surface area contributed by atoms with Crippen molar-refractivity contribution in [3.05, 3.63) is 0 Å². The fraction of sp³-hybridized carbons (Fsp3) is 0.943. The van der Waals surface area contributed by atoms with Crippen molar-refractivity contribution >= 4 is 39.5 Å². The fourth-order valence-electron chi connectivity index (χ4n) is 10.6. The van der Waals surface area contributed by atoms with Crippen LogP contribution in [0.3, 0.4) is 0 Å². The SMILES string of the molecule is CCCCCCCCCCCCCCCCCCCCCCCC(=O)O[C@H](COC(=O)CCCCCCCCC(C)CC)COP(=O)(O)OC[C@@H](O)COP(=O)(O)OC[C@@H](COC(=O)CCCCCCCCCC)OC(=O)CCCCCCCCCCCC. The van der Waals surface area contributed by atoms with Crippen molar-refractivity contribution in [3.8, 4) is 0 Å². The van der Waals surface area contributed by atoms with Crippen LogP contribution in [0.2, 0.25) is 0 Å². The average Bonchev–Trinajstić information content (AvgIpc) is 3.66. The van der Waals surface area contributed by atoms with E-state index < -0.39 is 97.5 Å². The number of unbranched alkanes of at least 4 members (excludes halogenated alkanes) is 41. The number of phosphoric acid groups is 2. The maximum absolute atomic E-state index is 13.0. The van der Waals surface area contributed by atoms with E-state index in [0.717, 1.165) is 109 Å². The van der Waals surface area contributed by atoms with E-state index in [1.54, 1.807) is 0 Å². The van der Waals surface area contributed by atoms with E-state index in [4.69, 9.17) is 37.0 Å². The highest BCUT2D eigenvalue weighted by Crippen LogP contribution is 2.45. The highest BCUT2D eigenvalue weighted by atomic mass is 31.2. The Morgan fingerprint density at radius 2 is 0.539 bits per heavy atom. The third kappa shape index (κ3) is 63.2. The topological polar surface area (TPSA) is 237 Å². The molecule has 89 heavy (non-hydrogen) atoms. The zero-order valence-corrected chi connectivity index (χ0v) is 59.4. The summed E-state index contributed by atoms with van der Waals surface area (Å²) in [7, 11) is -9.89. The summed E-state index contributed by atoms with van der Waals surface area (Å²) in [5, 5.41) is 10.6. The molecule has 0 aliphatic rings. The lowest BCUT2D eigenvalue weighted by Crippen LogP contribution is -2.30. The normalized spacial score (nSPS) is 14.4. The smallest absolute Gasteiger partial charge is 0.462 e. The molecule has 3 N–H and O–H groups in total. The molecule has 0 amide bonds. The van der Waals surface area contributed by atoms with Crippen LogP contribution < -0.4 is 0 Å². The molecule has 3 unspecified atom stereocenters. The number of aliphatic hydroxyl groups excluding tert-OH is 1. The van der Waals surface area contributed by atoms with E-state index >= 15 is 0 Å². The monoisotopic (exact) mass is 1310 g/mol. The fourth-order valence-corrected chi connectivity index (χ4v) is 12.2. The van der Waals surface area contributed by atoms with Gasteiger partial charge in [-0.1, -0.05) is 311 Å². The lowest BCUT2D eigenvalue weighted by atomic mass is 10.00. The van der Waals surface area contributed by atoms with Crippen molar-refractivity contribution in [2.75, 3.05) is 39.6 Å². The summed E-state index contributed by atoms with van der Waals surface area (Å²) in [5.41, 5.74) is 0. The molecule has 0 rings (SSSR count). The summed E-state index contributed by atoms with van der Waals surface area (Å²) in [4.78, 5) is 72.3. The largest absolute Gasteiger partial charge is 0.472 e. The number of rotatable bonds is 70. The summed E-state index contributed by atoms with van der Waals surface area (Å²) in [6, 6.07) is 0. The second kappa shape index (κ2) is 63.5. The van der Waals surface area contributed by atoms with Crippen LogP contribution in [0.1, 0.15) is 362 Å². The Morgan fingerprint density at radius 3 is 0.798 bits per heavy atom. The molecule has 0 aromatic rings. The number of ether oxygens (including phenoxy) is 4. The maximum Gasteiger partial charge on any atom is 0.472 e. The Balaban J connectivity index is 5.13. The van der Waals surface area contributed by atoms with E-state index in [-0.39, 0.29) is 25.7 Å². The summed E-state index contributed by atoms with van der Waals surface area (Å²) in [5.74, 6) is -1.40. The number of esters is 4. The van der Waals surface area contributed by atoms with Crippen LogP contribution in [-0.4, -0.2) is 96.7 Å². The molecule has 528 valence electrons. The Hall–Kier alpha value is -1.94. The van der Waals surface area contributed by atoms with Crippen molar-refractivity contribution < 1.29 is 80.2 Å². The first kappa shape index (κ1) is 87.1. The van der Waals surface area contributed by atoms with E-state index in [1.807, 2.05) is 0 Å². The minimum absolute atomic E-state index is 0.106. The molecule has 0 heterocycles. The quantitative estimate of drug-likeness (QED) is 0.0222. The van der Waals surface area contributed by atoms with Crippen molar-refractivity contribution in [2.45, 2.75) is 380 Å². The minimum Gasteiger partial charge on any atom is -0.462 e. The van der Waals surface area contributed by atoms with Gasteiger partial charge in [-0.3, -0.25) is 37.3 Å². The van der Waals surface area contributed by atoms with Crippen LogP contribution in [0.15, 0.2) is 0 Å². The first-order valence-corrected chi connectivity index (χ1v) is 39.7. The summed E-state index contributed by atoms with van der Waals surface area (Å²) in [6.07, 6.45) is 50.2. The molecule has 19 heteroatoms. The predicted octanol–water partition coefficient (Wildman–Crippen LogP) is 20.1. The van der Waals surface area contributed by atoms with Gasteiger partial charge in [0.2, 0.25) is 0 Å². The number of hydrogen-bond donors (Lipinski definition) is 3. The lowest BCUT2D eigenvalue weighted by molar-refractivity contribution is -0.161. The Labute approximate surface area is 543 Å². The van der Waals surface area contributed by atoms with Crippen LogP contribution in [0.4, 0.5) is 0 Å². The third-order valence-electron chi connectivity index (χ3n) is 16.6. The number of carbonyl (C=O) groups excluding carboxylic acids is 4. The van der Waals surface area contributed by atoms with Gasteiger partial charge in [-0.05, 0) is 31.6 Å². The van der Waals surface area contributed by atoms with Crippen LogP contribution in [0, 0.1) is 5.92 Å².